The molecule has 1 aromatic heterocycles. The predicted octanol–water partition coefficient (Wildman–Crippen LogP) is 3.74. The number of anilines is 1. The van der Waals surface area contributed by atoms with E-state index in [1.54, 1.807) is 11.8 Å². The monoisotopic (exact) mass is 277 g/mol. The van der Waals surface area contributed by atoms with E-state index in [-0.39, 0.29) is 0 Å². The van der Waals surface area contributed by atoms with Crippen molar-refractivity contribution in [1.29, 1.82) is 0 Å². The number of hydrogen-bond donors (Lipinski definition) is 1. The molecule has 2 rings (SSSR count). The van der Waals surface area contributed by atoms with E-state index in [4.69, 9.17) is 4.52 Å². The minimum Gasteiger partial charge on any atom is -0.337 e. The van der Waals surface area contributed by atoms with E-state index in [1.807, 2.05) is 12.1 Å². The lowest BCUT2D eigenvalue weighted by Gasteiger charge is -2.03. The molecule has 1 heterocycles. The molecule has 102 valence electrons. The first kappa shape index (κ1) is 13.9. The van der Waals surface area contributed by atoms with Gasteiger partial charge in [-0.15, -0.1) is 11.8 Å². The Morgan fingerprint density at radius 1 is 1.32 bits per heavy atom. The fraction of sp³-hybridized carbons (Fsp3) is 0.429. The molecule has 0 amide bonds. The van der Waals surface area contributed by atoms with E-state index < -0.39 is 0 Å². The zero-order valence-corrected chi connectivity index (χ0v) is 12.3. The third kappa shape index (κ3) is 4.28. The van der Waals surface area contributed by atoms with Crippen molar-refractivity contribution in [2.45, 2.75) is 31.4 Å². The Morgan fingerprint density at radius 2 is 2.11 bits per heavy atom. The first-order valence-corrected chi connectivity index (χ1v) is 7.38. The van der Waals surface area contributed by atoms with Crippen LogP contribution in [0.4, 0.5) is 6.01 Å². The second-order valence-corrected chi connectivity index (χ2v) is 5.86. The van der Waals surface area contributed by atoms with Gasteiger partial charge in [-0.2, -0.15) is 4.98 Å². The molecule has 0 bridgehead atoms. The van der Waals surface area contributed by atoms with Crippen LogP contribution in [0.15, 0.2) is 33.7 Å². The highest BCUT2D eigenvalue weighted by Crippen LogP contribution is 2.24. The molecule has 4 nitrogen and oxygen atoms in total. The van der Waals surface area contributed by atoms with Crippen molar-refractivity contribution in [3.05, 3.63) is 35.7 Å². The molecule has 1 N–H and O–H groups in total. The summed E-state index contributed by atoms with van der Waals surface area (Å²) in [5.41, 5.74) is 1.27. The van der Waals surface area contributed by atoms with Gasteiger partial charge in [0.2, 0.25) is 0 Å². The van der Waals surface area contributed by atoms with Crippen LogP contribution in [0.3, 0.4) is 0 Å². The fourth-order valence-corrected chi connectivity index (χ4v) is 2.41. The van der Waals surface area contributed by atoms with Gasteiger partial charge in [0.1, 0.15) is 0 Å². The second-order valence-electron chi connectivity index (χ2n) is 4.84. The summed E-state index contributed by atoms with van der Waals surface area (Å²) in [5, 5.41) is 7.09. The fourth-order valence-electron chi connectivity index (χ4n) is 1.54. The van der Waals surface area contributed by atoms with Crippen molar-refractivity contribution >= 4 is 17.8 Å². The van der Waals surface area contributed by atoms with Crippen molar-refractivity contribution in [2.75, 3.05) is 11.9 Å². The molecule has 0 fully saturated rings. The summed E-state index contributed by atoms with van der Waals surface area (Å²) in [7, 11) is 0. The van der Waals surface area contributed by atoms with Crippen LogP contribution in [0.25, 0.3) is 0 Å². The van der Waals surface area contributed by atoms with Crippen molar-refractivity contribution in [2.24, 2.45) is 5.92 Å². The van der Waals surface area contributed by atoms with Gasteiger partial charge in [0.15, 0.2) is 5.82 Å². The predicted molar refractivity (Wildman–Crippen MR) is 78.4 cm³/mol. The summed E-state index contributed by atoms with van der Waals surface area (Å²) >= 11 is 1.73. The van der Waals surface area contributed by atoms with Gasteiger partial charge in [-0.25, -0.2) is 0 Å². The third-order valence-corrected chi connectivity index (χ3v) is 3.75. The smallest absolute Gasteiger partial charge is 0.321 e. The van der Waals surface area contributed by atoms with E-state index >= 15 is 0 Å². The maximum Gasteiger partial charge on any atom is 0.321 e. The number of rotatable bonds is 6. The van der Waals surface area contributed by atoms with Crippen molar-refractivity contribution in [3.8, 4) is 0 Å². The van der Waals surface area contributed by atoms with Crippen LogP contribution in [0.1, 0.15) is 25.2 Å². The lowest BCUT2D eigenvalue weighted by molar-refractivity contribution is 0.423. The second kappa shape index (κ2) is 6.61. The molecule has 0 saturated heterocycles. The largest absolute Gasteiger partial charge is 0.337 e. The lowest BCUT2D eigenvalue weighted by Crippen LogP contribution is -2.07. The zero-order chi connectivity index (χ0) is 13.7. The van der Waals surface area contributed by atoms with Gasteiger partial charge in [0, 0.05) is 11.4 Å². The van der Waals surface area contributed by atoms with E-state index in [0.717, 1.165) is 18.1 Å². The van der Waals surface area contributed by atoms with Crippen molar-refractivity contribution in [1.82, 2.24) is 10.1 Å². The van der Waals surface area contributed by atoms with E-state index in [2.05, 4.69) is 48.4 Å². The van der Waals surface area contributed by atoms with Gasteiger partial charge in [0.05, 0.1) is 5.75 Å². The number of nitrogens with zero attached hydrogens (tertiary/aromatic N) is 2. The molecule has 0 aliphatic rings. The highest BCUT2D eigenvalue weighted by Gasteiger charge is 2.07. The van der Waals surface area contributed by atoms with Gasteiger partial charge in [-0.3, -0.25) is 0 Å². The molecular weight excluding hydrogens is 258 g/mol. The average Bonchev–Trinajstić information content (AvgIpc) is 2.83. The first-order valence-electron chi connectivity index (χ1n) is 6.40. The third-order valence-electron chi connectivity index (χ3n) is 2.58. The summed E-state index contributed by atoms with van der Waals surface area (Å²) < 4.78 is 5.15. The molecule has 0 atom stereocenters. The number of benzene rings is 1. The standard InChI is InChI=1S/C14H19N3OS/c1-10(2)8-15-14-16-13(17-18-14)9-19-12-7-5-4-6-11(12)3/h4-7,10H,8-9H2,1-3H3,(H,15,16,17). The molecule has 0 aliphatic carbocycles. The molecule has 0 saturated carbocycles. The molecule has 2 aromatic rings. The molecular formula is C14H19N3OS. The molecule has 0 aliphatic heterocycles. The number of nitrogens with one attached hydrogen (secondary N) is 1. The summed E-state index contributed by atoms with van der Waals surface area (Å²) in [5.74, 6) is 1.99. The number of aryl methyl sites for hydroxylation is 1. The van der Waals surface area contributed by atoms with Gasteiger partial charge in [0.25, 0.3) is 0 Å². The summed E-state index contributed by atoms with van der Waals surface area (Å²) in [4.78, 5) is 5.57. The highest BCUT2D eigenvalue weighted by molar-refractivity contribution is 7.98. The van der Waals surface area contributed by atoms with Crippen molar-refractivity contribution in [3.63, 3.8) is 0 Å². The quantitative estimate of drug-likeness (QED) is 0.815. The van der Waals surface area contributed by atoms with Crippen LogP contribution in [-0.4, -0.2) is 16.7 Å². The van der Waals surface area contributed by atoms with E-state index in [0.29, 0.717) is 11.9 Å². The molecule has 0 unspecified atom stereocenters. The first-order chi connectivity index (χ1) is 9.15. The van der Waals surface area contributed by atoms with Crippen LogP contribution in [0.2, 0.25) is 0 Å². The molecule has 19 heavy (non-hydrogen) atoms. The Labute approximate surface area is 118 Å². The SMILES string of the molecule is Cc1ccccc1SCc1noc(NCC(C)C)n1. The van der Waals surface area contributed by atoms with Crippen LogP contribution < -0.4 is 5.32 Å². The Morgan fingerprint density at radius 3 is 2.84 bits per heavy atom. The van der Waals surface area contributed by atoms with Gasteiger partial charge >= 0.3 is 6.01 Å². The topological polar surface area (TPSA) is 51.0 Å². The molecule has 1 aromatic carbocycles. The molecule has 0 radical (unpaired) electrons. The molecule has 0 spiro atoms. The van der Waals surface area contributed by atoms with Gasteiger partial charge in [-0.1, -0.05) is 37.2 Å². The Hall–Kier alpha value is -1.49. The summed E-state index contributed by atoms with van der Waals surface area (Å²) in [6, 6.07) is 8.81. The summed E-state index contributed by atoms with van der Waals surface area (Å²) in [6.45, 7) is 7.22. The van der Waals surface area contributed by atoms with Crippen LogP contribution in [0, 0.1) is 12.8 Å². The Balaban J connectivity index is 1.88. The highest BCUT2D eigenvalue weighted by atomic mass is 32.2. The average molecular weight is 277 g/mol. The van der Waals surface area contributed by atoms with Crippen LogP contribution in [-0.2, 0) is 5.75 Å². The number of hydrogen-bond acceptors (Lipinski definition) is 5. The Bertz CT molecular complexity index is 525. The van der Waals surface area contributed by atoms with Gasteiger partial charge in [-0.05, 0) is 24.5 Å². The molecule has 5 heteroatoms. The number of thioether (sulfide) groups is 1. The van der Waals surface area contributed by atoms with Crippen molar-refractivity contribution < 1.29 is 4.52 Å². The number of aromatic nitrogens is 2. The summed E-state index contributed by atoms with van der Waals surface area (Å²) in [6.07, 6.45) is 0. The van der Waals surface area contributed by atoms with Gasteiger partial charge < -0.3 is 9.84 Å². The normalized spacial score (nSPS) is 10.9. The maximum absolute atomic E-state index is 5.15. The van der Waals surface area contributed by atoms with E-state index in [1.165, 1.54) is 10.5 Å². The van der Waals surface area contributed by atoms with Crippen LogP contribution in [0.5, 0.6) is 0 Å². The van der Waals surface area contributed by atoms with Crippen LogP contribution >= 0.6 is 11.8 Å². The minimum atomic E-state index is 0.508. The lowest BCUT2D eigenvalue weighted by atomic mass is 10.2. The van der Waals surface area contributed by atoms with E-state index in [9.17, 15) is 0 Å². The Kier molecular flexibility index (Phi) is 4.85. The zero-order valence-electron chi connectivity index (χ0n) is 11.5. The minimum absolute atomic E-state index is 0.508. The maximum atomic E-state index is 5.15.